The van der Waals surface area contributed by atoms with Crippen molar-refractivity contribution in [3.63, 3.8) is 0 Å². The molecule has 1 aliphatic heterocycles. The molecule has 3 rings (SSSR count). The van der Waals surface area contributed by atoms with Gasteiger partial charge in [-0.05, 0) is 66.5 Å². The summed E-state index contributed by atoms with van der Waals surface area (Å²) < 4.78 is 47.5. The van der Waals surface area contributed by atoms with Gasteiger partial charge in [-0.2, -0.15) is 13.2 Å². The summed E-state index contributed by atoms with van der Waals surface area (Å²) >= 11 is 11.8. The summed E-state index contributed by atoms with van der Waals surface area (Å²) in [5, 5.41) is 2.88. The molecule has 0 aromatic heterocycles. The number of nitrogens with one attached hydrogen (secondary N) is 1. The van der Waals surface area contributed by atoms with Gasteiger partial charge >= 0.3 is 6.18 Å². The van der Waals surface area contributed by atoms with E-state index in [1.54, 1.807) is 32.0 Å². The third-order valence-corrected chi connectivity index (χ3v) is 5.16. The molecule has 1 heterocycles. The van der Waals surface area contributed by atoms with Gasteiger partial charge in [0.2, 0.25) is 5.60 Å². The Morgan fingerprint density at radius 2 is 1.83 bits per heavy atom. The minimum atomic E-state index is -4.72. The third kappa shape index (κ3) is 4.15. The Morgan fingerprint density at radius 3 is 2.38 bits per heavy atom. The quantitative estimate of drug-likeness (QED) is 0.636. The first-order valence-electron chi connectivity index (χ1n) is 8.85. The largest absolute Gasteiger partial charge is 0.425 e. The molecule has 2 aromatic carbocycles. The number of carbonyl (C=O) groups excluding carboxylic acids is 1. The fourth-order valence-electron chi connectivity index (χ4n) is 3.32. The molecule has 0 radical (unpaired) electrons. The maximum atomic E-state index is 14.1. The average molecular weight is 444 g/mol. The topological polar surface area (TPSA) is 38.3 Å². The molecule has 0 saturated heterocycles. The van der Waals surface area contributed by atoms with Gasteiger partial charge in [0.15, 0.2) is 0 Å². The Hall–Kier alpha value is -2.02. The number of halogens is 5. The van der Waals surface area contributed by atoms with Crippen molar-refractivity contribution in [1.29, 1.82) is 0 Å². The van der Waals surface area contributed by atoms with Gasteiger partial charge in [0, 0.05) is 22.2 Å². The zero-order chi connectivity index (χ0) is 21.4. The van der Waals surface area contributed by atoms with E-state index in [-0.39, 0.29) is 28.1 Å². The monoisotopic (exact) mass is 443 g/mol. The number of alkyl halides is 3. The number of benzene rings is 2. The van der Waals surface area contributed by atoms with Crippen LogP contribution in [0.5, 0.6) is 0 Å². The third-order valence-electron chi connectivity index (χ3n) is 4.72. The zero-order valence-corrected chi connectivity index (χ0v) is 17.2. The fourth-order valence-corrected chi connectivity index (χ4v) is 3.85. The lowest BCUT2D eigenvalue weighted by Crippen LogP contribution is -2.41. The van der Waals surface area contributed by atoms with Crippen LogP contribution < -0.4 is 5.32 Å². The van der Waals surface area contributed by atoms with Crippen LogP contribution in [0.4, 0.5) is 13.2 Å². The van der Waals surface area contributed by atoms with Gasteiger partial charge in [-0.15, -0.1) is 0 Å². The van der Waals surface area contributed by atoms with Crippen molar-refractivity contribution < 1.29 is 22.7 Å². The predicted octanol–water partition coefficient (Wildman–Crippen LogP) is 5.92. The van der Waals surface area contributed by atoms with Crippen molar-refractivity contribution in [3.05, 3.63) is 74.8 Å². The van der Waals surface area contributed by atoms with Gasteiger partial charge in [-0.3, -0.25) is 4.79 Å². The molecule has 0 spiro atoms. The lowest BCUT2D eigenvalue weighted by atomic mass is 9.90. The molecule has 1 aliphatic rings. The fraction of sp³-hybridized carbons (Fsp3) is 0.286. The van der Waals surface area contributed by atoms with Gasteiger partial charge in [-0.1, -0.05) is 35.3 Å². The van der Waals surface area contributed by atoms with Crippen molar-refractivity contribution in [2.24, 2.45) is 0 Å². The number of carbonyl (C=O) groups is 1. The number of ether oxygens (including phenoxy) is 1. The SMILES string of the molecule is CCNC(=O)c1ccc(C2=CC(c3cc(Cl)cc(Cl)c3)(C(F)(F)F)OC2)cc1C. The van der Waals surface area contributed by atoms with Crippen LogP contribution in [0, 0.1) is 6.92 Å². The molecule has 8 heteroatoms. The summed E-state index contributed by atoms with van der Waals surface area (Å²) in [4.78, 5) is 12.1. The minimum absolute atomic E-state index is 0.0868. The molecule has 0 saturated carbocycles. The average Bonchev–Trinajstić information content (AvgIpc) is 3.07. The van der Waals surface area contributed by atoms with Crippen molar-refractivity contribution in [3.8, 4) is 0 Å². The molecule has 1 N–H and O–H groups in total. The summed E-state index contributed by atoms with van der Waals surface area (Å²) in [7, 11) is 0. The highest BCUT2D eigenvalue weighted by Gasteiger charge is 2.58. The van der Waals surface area contributed by atoms with Crippen LogP contribution >= 0.6 is 23.2 Å². The van der Waals surface area contributed by atoms with E-state index < -0.39 is 11.8 Å². The Bertz CT molecular complexity index is 968. The first-order valence-corrected chi connectivity index (χ1v) is 9.61. The Morgan fingerprint density at radius 1 is 1.17 bits per heavy atom. The van der Waals surface area contributed by atoms with Crippen molar-refractivity contribution in [2.75, 3.05) is 13.2 Å². The number of aryl methyl sites for hydroxylation is 1. The highest BCUT2D eigenvalue weighted by atomic mass is 35.5. The number of hydrogen-bond donors (Lipinski definition) is 1. The molecule has 0 bridgehead atoms. The molecular weight excluding hydrogens is 426 g/mol. The van der Waals surface area contributed by atoms with Crippen LogP contribution in [0.3, 0.4) is 0 Å². The van der Waals surface area contributed by atoms with Crippen LogP contribution in [-0.2, 0) is 10.3 Å². The maximum absolute atomic E-state index is 14.1. The normalized spacial score (nSPS) is 19.2. The predicted molar refractivity (Wildman–Crippen MR) is 107 cm³/mol. The van der Waals surface area contributed by atoms with E-state index in [9.17, 15) is 18.0 Å². The molecule has 1 atom stereocenters. The van der Waals surface area contributed by atoms with Crippen molar-refractivity contribution in [2.45, 2.75) is 25.6 Å². The Balaban J connectivity index is 2.06. The highest BCUT2D eigenvalue weighted by molar-refractivity contribution is 6.34. The second kappa shape index (κ2) is 8.01. The van der Waals surface area contributed by atoms with Crippen LogP contribution in [0.15, 0.2) is 42.5 Å². The summed E-state index contributed by atoms with van der Waals surface area (Å²) in [6.45, 7) is 3.78. The summed E-state index contributed by atoms with van der Waals surface area (Å²) in [5.74, 6) is -0.230. The van der Waals surface area contributed by atoms with Gasteiger partial charge in [0.05, 0.1) is 6.61 Å². The highest BCUT2D eigenvalue weighted by Crippen LogP contribution is 2.49. The Kier molecular flexibility index (Phi) is 5.99. The van der Waals surface area contributed by atoms with Crippen LogP contribution in [0.25, 0.3) is 5.57 Å². The van der Waals surface area contributed by atoms with E-state index in [1.807, 2.05) is 0 Å². The smallest absolute Gasteiger partial charge is 0.352 e. The van der Waals surface area contributed by atoms with Gasteiger partial charge in [-0.25, -0.2) is 0 Å². The Labute approximate surface area is 176 Å². The zero-order valence-electron chi connectivity index (χ0n) is 15.7. The van der Waals surface area contributed by atoms with E-state index >= 15 is 0 Å². The standard InChI is InChI=1S/C21H18Cl2F3NO2/c1-3-27-19(28)18-5-4-13(6-12(18)2)14-10-20(29-11-14,21(24,25)26)15-7-16(22)9-17(23)8-15/h4-10H,3,11H2,1-2H3,(H,27,28). The van der Waals surface area contributed by atoms with Gasteiger partial charge < -0.3 is 10.1 Å². The minimum Gasteiger partial charge on any atom is -0.352 e. The molecule has 29 heavy (non-hydrogen) atoms. The molecular formula is C21H18Cl2F3NO2. The number of amides is 1. The molecule has 154 valence electrons. The first-order chi connectivity index (χ1) is 13.6. The van der Waals surface area contributed by atoms with E-state index in [2.05, 4.69) is 5.32 Å². The lowest BCUT2D eigenvalue weighted by Gasteiger charge is -2.30. The van der Waals surface area contributed by atoms with Crippen molar-refractivity contribution >= 4 is 34.7 Å². The first kappa shape index (κ1) is 21.7. The van der Waals surface area contributed by atoms with Crippen LogP contribution in [0.1, 0.15) is 34.0 Å². The second-order valence-corrected chi connectivity index (χ2v) is 7.61. The van der Waals surface area contributed by atoms with Crippen molar-refractivity contribution in [1.82, 2.24) is 5.32 Å². The molecule has 0 fully saturated rings. The lowest BCUT2D eigenvalue weighted by molar-refractivity contribution is -0.254. The van der Waals surface area contributed by atoms with E-state index in [4.69, 9.17) is 27.9 Å². The summed E-state index contributed by atoms with van der Waals surface area (Å²) in [5.41, 5.74) is -0.793. The molecule has 1 unspecified atom stereocenters. The van der Waals surface area contributed by atoms with E-state index in [0.717, 1.165) is 6.08 Å². The molecule has 2 aromatic rings. The molecule has 3 nitrogen and oxygen atoms in total. The molecule has 0 aliphatic carbocycles. The van der Waals surface area contributed by atoms with E-state index in [1.165, 1.54) is 18.2 Å². The van der Waals surface area contributed by atoms with Gasteiger partial charge in [0.25, 0.3) is 5.91 Å². The van der Waals surface area contributed by atoms with Gasteiger partial charge in [0.1, 0.15) is 0 Å². The van der Waals surface area contributed by atoms with Crippen LogP contribution in [-0.4, -0.2) is 25.2 Å². The maximum Gasteiger partial charge on any atom is 0.425 e. The molecule has 1 amide bonds. The number of hydrogen-bond acceptors (Lipinski definition) is 2. The second-order valence-electron chi connectivity index (χ2n) is 6.74. The summed E-state index contributed by atoms with van der Waals surface area (Å²) in [6.07, 6.45) is -3.67. The number of rotatable bonds is 4. The van der Waals surface area contributed by atoms with E-state index in [0.29, 0.717) is 28.8 Å². The van der Waals surface area contributed by atoms with Crippen LogP contribution in [0.2, 0.25) is 10.0 Å². The summed E-state index contributed by atoms with van der Waals surface area (Å²) in [6, 6.07) is 8.65.